The second-order valence-corrected chi connectivity index (χ2v) is 6.72. The Morgan fingerprint density at radius 2 is 2.22 bits per heavy atom. The smallest absolute Gasteiger partial charge is 0.273 e. The minimum Gasteiger partial charge on any atom is -0.337 e. The van der Waals surface area contributed by atoms with E-state index in [0.717, 1.165) is 25.9 Å². The van der Waals surface area contributed by atoms with Gasteiger partial charge in [0.25, 0.3) is 5.91 Å². The van der Waals surface area contributed by atoms with Crippen LogP contribution in [0.25, 0.3) is 10.8 Å². The summed E-state index contributed by atoms with van der Waals surface area (Å²) in [5, 5.41) is 4.27. The summed E-state index contributed by atoms with van der Waals surface area (Å²) in [5.74, 6) is 0.551. The van der Waals surface area contributed by atoms with Crippen molar-refractivity contribution < 1.29 is 4.79 Å². The molecule has 4 rings (SSSR count). The number of carbonyl (C=O) groups is 1. The number of likely N-dealkylation sites (tertiary alicyclic amines) is 1. The van der Waals surface area contributed by atoms with Gasteiger partial charge in [-0.2, -0.15) is 0 Å². The fraction of sp³-hybridized carbons (Fsp3) is 0.278. The van der Waals surface area contributed by atoms with Gasteiger partial charge in [0.15, 0.2) is 0 Å². The molecule has 0 spiro atoms. The van der Waals surface area contributed by atoms with Gasteiger partial charge in [-0.15, -0.1) is 11.3 Å². The maximum Gasteiger partial charge on any atom is 0.273 e. The molecule has 2 aromatic heterocycles. The lowest BCUT2D eigenvalue weighted by atomic mass is 9.96. The highest BCUT2D eigenvalue weighted by atomic mass is 32.1. The first-order valence-corrected chi connectivity index (χ1v) is 8.74. The molecule has 0 saturated carbocycles. The van der Waals surface area contributed by atoms with Gasteiger partial charge in [0, 0.05) is 36.2 Å². The predicted molar refractivity (Wildman–Crippen MR) is 91.6 cm³/mol. The van der Waals surface area contributed by atoms with E-state index < -0.39 is 0 Å². The lowest BCUT2D eigenvalue weighted by molar-refractivity contribution is 0.0782. The van der Waals surface area contributed by atoms with E-state index in [-0.39, 0.29) is 5.91 Å². The average Bonchev–Trinajstić information content (AvgIpc) is 3.27. The SMILES string of the molecule is O=C(c1cscn1)N1CC[C@@H](Cc2cncc3ccccc23)C1. The van der Waals surface area contributed by atoms with Crippen LogP contribution < -0.4 is 0 Å². The third kappa shape index (κ3) is 2.84. The van der Waals surface area contributed by atoms with Crippen LogP contribution in [0.5, 0.6) is 0 Å². The second kappa shape index (κ2) is 6.08. The fourth-order valence-corrected chi connectivity index (χ4v) is 3.84. The van der Waals surface area contributed by atoms with Crippen molar-refractivity contribution in [2.75, 3.05) is 13.1 Å². The number of amides is 1. The maximum absolute atomic E-state index is 12.4. The molecule has 0 aliphatic carbocycles. The van der Waals surface area contributed by atoms with Gasteiger partial charge in [0.2, 0.25) is 0 Å². The van der Waals surface area contributed by atoms with Crippen LogP contribution in [-0.4, -0.2) is 33.9 Å². The summed E-state index contributed by atoms with van der Waals surface area (Å²) in [6.07, 6.45) is 5.88. The Hall–Kier alpha value is -2.27. The monoisotopic (exact) mass is 323 g/mol. The molecule has 1 aromatic carbocycles. The van der Waals surface area contributed by atoms with Crippen molar-refractivity contribution in [3.05, 3.63) is 58.8 Å². The summed E-state index contributed by atoms with van der Waals surface area (Å²) >= 11 is 1.46. The van der Waals surface area contributed by atoms with Crippen LogP contribution >= 0.6 is 11.3 Å². The first kappa shape index (κ1) is 14.3. The molecule has 116 valence electrons. The molecule has 3 aromatic rings. The molecule has 0 bridgehead atoms. The standard InChI is InChI=1S/C18H17N3OS/c22-18(17-11-23-12-20-17)21-6-5-13(10-21)7-15-9-19-8-14-3-1-2-4-16(14)15/h1-4,8-9,11-13H,5-7,10H2/t13-/m0/s1. The number of carbonyl (C=O) groups excluding carboxylic acids is 1. The first-order valence-electron chi connectivity index (χ1n) is 7.80. The second-order valence-electron chi connectivity index (χ2n) is 6.00. The minimum absolute atomic E-state index is 0.0600. The van der Waals surface area contributed by atoms with Gasteiger partial charge in [-0.3, -0.25) is 9.78 Å². The largest absolute Gasteiger partial charge is 0.337 e. The average molecular weight is 323 g/mol. The highest BCUT2D eigenvalue weighted by molar-refractivity contribution is 7.07. The molecule has 0 N–H and O–H groups in total. The topological polar surface area (TPSA) is 46.1 Å². The Bertz CT molecular complexity index is 826. The number of fused-ring (bicyclic) bond motifs is 1. The van der Waals surface area contributed by atoms with Gasteiger partial charge in [0.1, 0.15) is 5.69 Å². The minimum atomic E-state index is 0.0600. The Kier molecular flexibility index (Phi) is 3.79. The molecule has 4 nitrogen and oxygen atoms in total. The summed E-state index contributed by atoms with van der Waals surface area (Å²) in [6.45, 7) is 1.62. The van der Waals surface area contributed by atoms with Crippen molar-refractivity contribution in [2.24, 2.45) is 5.92 Å². The van der Waals surface area contributed by atoms with Crippen molar-refractivity contribution in [3.63, 3.8) is 0 Å². The van der Waals surface area contributed by atoms with Crippen LogP contribution in [0.4, 0.5) is 0 Å². The van der Waals surface area contributed by atoms with E-state index in [0.29, 0.717) is 11.6 Å². The van der Waals surface area contributed by atoms with E-state index in [4.69, 9.17) is 0 Å². The van der Waals surface area contributed by atoms with Crippen LogP contribution in [0.1, 0.15) is 22.5 Å². The van der Waals surface area contributed by atoms with E-state index in [1.54, 1.807) is 5.51 Å². The van der Waals surface area contributed by atoms with E-state index in [1.165, 1.54) is 27.7 Å². The summed E-state index contributed by atoms with van der Waals surface area (Å²) in [7, 11) is 0. The maximum atomic E-state index is 12.4. The lowest BCUT2D eigenvalue weighted by Crippen LogP contribution is -2.29. The van der Waals surface area contributed by atoms with Gasteiger partial charge in [0.05, 0.1) is 5.51 Å². The van der Waals surface area contributed by atoms with E-state index in [2.05, 4.69) is 28.2 Å². The van der Waals surface area contributed by atoms with Crippen molar-refractivity contribution in [2.45, 2.75) is 12.8 Å². The number of hydrogen-bond acceptors (Lipinski definition) is 4. The zero-order chi connectivity index (χ0) is 15.6. The molecule has 0 radical (unpaired) electrons. The molecule has 1 aliphatic rings. The van der Waals surface area contributed by atoms with Crippen LogP contribution in [-0.2, 0) is 6.42 Å². The third-order valence-electron chi connectivity index (χ3n) is 4.48. The van der Waals surface area contributed by atoms with Crippen molar-refractivity contribution in [1.82, 2.24) is 14.9 Å². The van der Waals surface area contributed by atoms with Crippen molar-refractivity contribution in [3.8, 4) is 0 Å². The Morgan fingerprint density at radius 1 is 1.30 bits per heavy atom. The van der Waals surface area contributed by atoms with Gasteiger partial charge in [-0.05, 0) is 29.7 Å². The number of pyridine rings is 1. The van der Waals surface area contributed by atoms with Crippen LogP contribution in [0.3, 0.4) is 0 Å². The normalized spacial score (nSPS) is 17.7. The first-order chi connectivity index (χ1) is 11.3. The summed E-state index contributed by atoms with van der Waals surface area (Å²) < 4.78 is 0. The number of rotatable bonds is 3. The molecule has 1 amide bonds. The molecular weight excluding hydrogens is 306 g/mol. The number of thiazole rings is 1. The van der Waals surface area contributed by atoms with Crippen LogP contribution in [0, 0.1) is 5.92 Å². The molecular formula is C18H17N3OS. The van der Waals surface area contributed by atoms with Crippen LogP contribution in [0.2, 0.25) is 0 Å². The van der Waals surface area contributed by atoms with Crippen molar-refractivity contribution in [1.29, 1.82) is 0 Å². The van der Waals surface area contributed by atoms with Crippen molar-refractivity contribution >= 4 is 28.0 Å². The quantitative estimate of drug-likeness (QED) is 0.742. The van der Waals surface area contributed by atoms with Crippen LogP contribution in [0.15, 0.2) is 47.5 Å². The molecule has 1 fully saturated rings. The molecule has 1 aliphatic heterocycles. The Morgan fingerprint density at radius 3 is 3.09 bits per heavy atom. The molecule has 0 unspecified atom stereocenters. The summed E-state index contributed by atoms with van der Waals surface area (Å²) in [4.78, 5) is 22.8. The molecule has 5 heteroatoms. The number of hydrogen-bond donors (Lipinski definition) is 0. The highest BCUT2D eigenvalue weighted by Gasteiger charge is 2.28. The predicted octanol–water partition coefficient (Wildman–Crippen LogP) is 3.40. The lowest BCUT2D eigenvalue weighted by Gasteiger charge is -2.15. The number of aromatic nitrogens is 2. The third-order valence-corrected chi connectivity index (χ3v) is 5.07. The number of nitrogens with zero attached hydrogens (tertiary/aromatic N) is 3. The Labute approximate surface area is 138 Å². The molecule has 23 heavy (non-hydrogen) atoms. The van der Waals surface area contributed by atoms with Gasteiger partial charge in [-0.1, -0.05) is 24.3 Å². The number of benzene rings is 1. The summed E-state index contributed by atoms with van der Waals surface area (Å²) in [6, 6.07) is 8.36. The fourth-order valence-electron chi connectivity index (χ4n) is 3.32. The van der Waals surface area contributed by atoms with Gasteiger partial charge < -0.3 is 4.90 Å². The zero-order valence-electron chi connectivity index (χ0n) is 12.7. The molecule has 1 saturated heterocycles. The Balaban J connectivity index is 1.49. The summed E-state index contributed by atoms with van der Waals surface area (Å²) in [5.41, 5.74) is 3.56. The van der Waals surface area contributed by atoms with E-state index in [1.807, 2.05) is 28.7 Å². The van der Waals surface area contributed by atoms with E-state index >= 15 is 0 Å². The molecule has 1 atom stereocenters. The van der Waals surface area contributed by atoms with Gasteiger partial charge in [-0.25, -0.2) is 4.98 Å². The highest BCUT2D eigenvalue weighted by Crippen LogP contribution is 2.26. The zero-order valence-corrected chi connectivity index (χ0v) is 13.5. The van der Waals surface area contributed by atoms with Gasteiger partial charge >= 0.3 is 0 Å². The molecule has 3 heterocycles. The van der Waals surface area contributed by atoms with E-state index in [9.17, 15) is 4.79 Å².